The van der Waals surface area contributed by atoms with E-state index in [0.29, 0.717) is 6.04 Å². The topological polar surface area (TPSA) is 32.3 Å². The van der Waals surface area contributed by atoms with Gasteiger partial charge in [0.15, 0.2) is 0 Å². The summed E-state index contributed by atoms with van der Waals surface area (Å²) < 4.78 is 12.7. The monoisotopic (exact) mass is 250 g/mol. The van der Waals surface area contributed by atoms with Gasteiger partial charge in [0.2, 0.25) is 5.91 Å². The highest BCUT2D eigenvalue weighted by Gasteiger charge is 2.22. The van der Waals surface area contributed by atoms with E-state index in [2.05, 4.69) is 12.2 Å². The van der Waals surface area contributed by atoms with E-state index in [1.54, 1.807) is 12.1 Å². The number of amides is 1. The normalized spacial score (nSPS) is 19.7. The van der Waals surface area contributed by atoms with Crippen molar-refractivity contribution >= 4 is 11.6 Å². The smallest absolute Gasteiger partial charge is 0.242 e. The minimum absolute atomic E-state index is 0.117. The fourth-order valence-electron chi connectivity index (χ4n) is 2.32. The molecule has 3 nitrogen and oxygen atoms in total. The Kier molecular flexibility index (Phi) is 4.18. The number of nitrogens with one attached hydrogen (secondary N) is 1. The highest BCUT2D eigenvalue weighted by Crippen LogP contribution is 2.16. The molecule has 0 aromatic heterocycles. The molecule has 1 fully saturated rings. The van der Waals surface area contributed by atoms with Gasteiger partial charge in [-0.15, -0.1) is 0 Å². The summed E-state index contributed by atoms with van der Waals surface area (Å²) in [6.45, 7) is 3.22. The third-order valence-electron chi connectivity index (χ3n) is 3.41. The molecule has 2 rings (SSSR count). The van der Waals surface area contributed by atoms with Crippen LogP contribution >= 0.6 is 0 Å². The molecule has 98 valence electrons. The largest absolute Gasteiger partial charge is 0.376 e. The first kappa shape index (κ1) is 12.9. The predicted molar refractivity (Wildman–Crippen MR) is 69.9 cm³/mol. The number of anilines is 1. The van der Waals surface area contributed by atoms with Crippen molar-refractivity contribution in [2.24, 2.45) is 0 Å². The Balaban J connectivity index is 1.85. The molecule has 1 unspecified atom stereocenters. The highest BCUT2D eigenvalue weighted by atomic mass is 19.1. The Bertz CT molecular complexity index is 405. The molecule has 0 spiro atoms. The van der Waals surface area contributed by atoms with Crippen LogP contribution in [0, 0.1) is 5.82 Å². The van der Waals surface area contributed by atoms with Crippen molar-refractivity contribution in [3.05, 3.63) is 30.1 Å². The van der Waals surface area contributed by atoms with Gasteiger partial charge in [-0.2, -0.15) is 0 Å². The molecule has 0 bridgehead atoms. The molecule has 0 saturated carbocycles. The number of hydrogen-bond acceptors (Lipinski definition) is 2. The molecule has 1 aromatic carbocycles. The Hall–Kier alpha value is -1.58. The summed E-state index contributed by atoms with van der Waals surface area (Å²) in [6.07, 6.45) is 3.38. The Morgan fingerprint density at radius 2 is 2.11 bits per heavy atom. The minimum Gasteiger partial charge on any atom is -0.376 e. The van der Waals surface area contributed by atoms with Crippen LogP contribution in [-0.4, -0.2) is 29.9 Å². The highest BCUT2D eigenvalue weighted by molar-refractivity contribution is 5.81. The summed E-state index contributed by atoms with van der Waals surface area (Å²) in [6, 6.07) is 6.39. The van der Waals surface area contributed by atoms with Crippen LogP contribution < -0.4 is 5.32 Å². The van der Waals surface area contributed by atoms with Gasteiger partial charge in [-0.25, -0.2) is 4.39 Å². The van der Waals surface area contributed by atoms with Gasteiger partial charge in [-0.1, -0.05) is 0 Å². The zero-order valence-corrected chi connectivity index (χ0v) is 10.7. The Morgan fingerprint density at radius 3 is 2.78 bits per heavy atom. The standard InChI is InChI=1S/C14H19FN2O/c1-11-4-2-3-9-17(11)14(18)10-16-13-7-5-12(15)6-8-13/h5-8,11,16H,2-4,9-10H2,1H3. The second-order valence-electron chi connectivity index (χ2n) is 4.79. The lowest BCUT2D eigenvalue weighted by molar-refractivity contribution is -0.132. The first-order valence-corrected chi connectivity index (χ1v) is 6.46. The van der Waals surface area contributed by atoms with Gasteiger partial charge in [-0.05, 0) is 50.5 Å². The van der Waals surface area contributed by atoms with E-state index < -0.39 is 0 Å². The summed E-state index contributed by atoms with van der Waals surface area (Å²) in [5.74, 6) is -0.150. The van der Waals surface area contributed by atoms with Gasteiger partial charge in [0.05, 0.1) is 6.54 Å². The molecule has 1 aliphatic rings. The van der Waals surface area contributed by atoms with Crippen LogP contribution in [0.5, 0.6) is 0 Å². The third kappa shape index (κ3) is 3.22. The molecule has 1 heterocycles. The summed E-state index contributed by atoms with van der Waals surface area (Å²) in [7, 11) is 0. The molecule has 1 atom stereocenters. The number of rotatable bonds is 3. The van der Waals surface area contributed by atoms with Crippen LogP contribution in [-0.2, 0) is 4.79 Å². The lowest BCUT2D eigenvalue weighted by atomic mass is 10.0. The SMILES string of the molecule is CC1CCCCN1C(=O)CNc1ccc(F)cc1. The van der Waals surface area contributed by atoms with E-state index >= 15 is 0 Å². The minimum atomic E-state index is -0.267. The number of halogens is 1. The quantitative estimate of drug-likeness (QED) is 0.894. The van der Waals surface area contributed by atoms with Gasteiger partial charge in [0.25, 0.3) is 0 Å². The van der Waals surface area contributed by atoms with Crippen molar-refractivity contribution in [1.29, 1.82) is 0 Å². The Labute approximate surface area is 107 Å². The lowest BCUT2D eigenvalue weighted by Gasteiger charge is -2.33. The van der Waals surface area contributed by atoms with Crippen LogP contribution in [0.4, 0.5) is 10.1 Å². The number of hydrogen-bond donors (Lipinski definition) is 1. The van der Waals surface area contributed by atoms with Crippen molar-refractivity contribution in [3.63, 3.8) is 0 Å². The molecular weight excluding hydrogens is 231 g/mol. The molecule has 18 heavy (non-hydrogen) atoms. The first-order valence-electron chi connectivity index (χ1n) is 6.46. The predicted octanol–water partition coefficient (Wildman–Crippen LogP) is 2.64. The van der Waals surface area contributed by atoms with Crippen molar-refractivity contribution < 1.29 is 9.18 Å². The van der Waals surface area contributed by atoms with E-state index in [1.165, 1.54) is 18.6 Å². The molecule has 0 radical (unpaired) electrons. The maximum absolute atomic E-state index is 12.7. The number of carbonyl (C=O) groups excluding carboxylic acids is 1. The number of benzene rings is 1. The third-order valence-corrected chi connectivity index (χ3v) is 3.41. The van der Waals surface area contributed by atoms with Crippen LogP contribution in [0.3, 0.4) is 0 Å². The van der Waals surface area contributed by atoms with Gasteiger partial charge >= 0.3 is 0 Å². The average molecular weight is 250 g/mol. The number of piperidine rings is 1. The van der Waals surface area contributed by atoms with Crippen molar-refractivity contribution in [2.45, 2.75) is 32.2 Å². The molecule has 4 heteroatoms. The molecule has 1 saturated heterocycles. The van der Waals surface area contributed by atoms with Crippen molar-refractivity contribution in [3.8, 4) is 0 Å². The number of likely N-dealkylation sites (tertiary alicyclic amines) is 1. The average Bonchev–Trinajstić information content (AvgIpc) is 2.38. The maximum atomic E-state index is 12.7. The molecule has 1 amide bonds. The van der Waals surface area contributed by atoms with Crippen molar-refractivity contribution in [2.75, 3.05) is 18.4 Å². The molecule has 1 aliphatic heterocycles. The van der Waals surface area contributed by atoms with Crippen LogP contribution in [0.25, 0.3) is 0 Å². The van der Waals surface area contributed by atoms with E-state index in [1.807, 2.05) is 4.90 Å². The summed E-state index contributed by atoms with van der Waals surface area (Å²) in [5.41, 5.74) is 0.773. The first-order chi connectivity index (χ1) is 8.66. The van der Waals surface area contributed by atoms with Gasteiger partial charge in [0.1, 0.15) is 5.82 Å². The maximum Gasteiger partial charge on any atom is 0.242 e. The summed E-state index contributed by atoms with van der Waals surface area (Å²) in [5, 5.41) is 3.03. The number of nitrogens with zero attached hydrogens (tertiary/aromatic N) is 1. The molecule has 0 aliphatic carbocycles. The summed E-state index contributed by atoms with van der Waals surface area (Å²) in [4.78, 5) is 14.0. The lowest BCUT2D eigenvalue weighted by Crippen LogP contribution is -2.44. The molecule has 1 aromatic rings. The fraction of sp³-hybridized carbons (Fsp3) is 0.500. The molecule has 1 N–H and O–H groups in total. The van der Waals surface area contributed by atoms with Crippen molar-refractivity contribution in [1.82, 2.24) is 4.90 Å². The zero-order valence-electron chi connectivity index (χ0n) is 10.7. The second-order valence-corrected chi connectivity index (χ2v) is 4.79. The fourth-order valence-corrected chi connectivity index (χ4v) is 2.32. The van der Waals surface area contributed by atoms with E-state index in [-0.39, 0.29) is 18.3 Å². The van der Waals surface area contributed by atoms with Crippen LogP contribution in [0.2, 0.25) is 0 Å². The summed E-state index contributed by atoms with van der Waals surface area (Å²) >= 11 is 0. The van der Waals surface area contributed by atoms with E-state index in [4.69, 9.17) is 0 Å². The van der Waals surface area contributed by atoms with Crippen LogP contribution in [0.15, 0.2) is 24.3 Å². The second kappa shape index (κ2) is 5.85. The number of carbonyl (C=O) groups is 1. The molecular formula is C14H19FN2O. The van der Waals surface area contributed by atoms with Gasteiger partial charge < -0.3 is 10.2 Å². The zero-order chi connectivity index (χ0) is 13.0. The van der Waals surface area contributed by atoms with Gasteiger partial charge in [0, 0.05) is 18.3 Å². The van der Waals surface area contributed by atoms with Gasteiger partial charge in [-0.3, -0.25) is 4.79 Å². The van der Waals surface area contributed by atoms with E-state index in [9.17, 15) is 9.18 Å². The Morgan fingerprint density at radius 1 is 1.39 bits per heavy atom. The van der Waals surface area contributed by atoms with E-state index in [0.717, 1.165) is 25.1 Å². The van der Waals surface area contributed by atoms with Crippen LogP contribution in [0.1, 0.15) is 26.2 Å².